The lowest BCUT2D eigenvalue weighted by molar-refractivity contribution is -0.141. The Morgan fingerprint density at radius 1 is 1.12 bits per heavy atom. The number of rotatable bonds is 7. The predicted molar refractivity (Wildman–Crippen MR) is 147 cm³/mol. The smallest absolute Gasteiger partial charge is 0.341 e. The summed E-state index contributed by atoms with van der Waals surface area (Å²) in [5.74, 6) is -0.910. The molecule has 2 aromatic carbocycles. The van der Waals surface area contributed by atoms with Gasteiger partial charge in [-0.1, -0.05) is 28.1 Å². The van der Waals surface area contributed by atoms with Crippen LogP contribution in [0.3, 0.4) is 0 Å². The van der Waals surface area contributed by atoms with Gasteiger partial charge in [0.15, 0.2) is 0 Å². The molecule has 0 atom stereocenters. The number of carbonyl (C=O) groups excluding carboxylic acids is 2. The molecule has 1 N–H and O–H groups in total. The first kappa shape index (κ1) is 28.8. The molecule has 0 saturated carbocycles. The minimum atomic E-state index is -4.72. The summed E-state index contributed by atoms with van der Waals surface area (Å²) in [5, 5.41) is 16.2. The number of hydrogen-bond acceptors (Lipinski definition) is 5. The summed E-state index contributed by atoms with van der Waals surface area (Å²) in [6.07, 6.45) is -4.48. The summed E-state index contributed by atoms with van der Waals surface area (Å²) in [6, 6.07) is 14.3. The van der Waals surface area contributed by atoms with Crippen LogP contribution in [-0.4, -0.2) is 45.1 Å². The van der Waals surface area contributed by atoms with Crippen LogP contribution in [0.1, 0.15) is 49.8 Å². The number of nitrogens with one attached hydrogen (secondary N) is 1. The summed E-state index contributed by atoms with van der Waals surface area (Å²) < 4.78 is 42.8. The Labute approximate surface area is 236 Å². The second-order valence-corrected chi connectivity index (χ2v) is 10.1. The molecule has 206 valence electrons. The van der Waals surface area contributed by atoms with E-state index in [0.29, 0.717) is 40.2 Å². The molecule has 4 aromatic rings. The van der Waals surface area contributed by atoms with Crippen LogP contribution in [0, 0.1) is 25.2 Å². The number of nitrogens with zero attached hydrogens (tertiary/aromatic N) is 5. The van der Waals surface area contributed by atoms with Crippen molar-refractivity contribution in [1.29, 1.82) is 5.26 Å². The molecule has 8 nitrogen and oxygen atoms in total. The van der Waals surface area contributed by atoms with Gasteiger partial charge in [0.1, 0.15) is 5.69 Å². The Balaban J connectivity index is 1.57. The zero-order chi connectivity index (χ0) is 29.2. The van der Waals surface area contributed by atoms with Gasteiger partial charge in [-0.05, 0) is 55.8 Å². The van der Waals surface area contributed by atoms with E-state index < -0.39 is 17.8 Å². The molecule has 2 aromatic heterocycles. The highest BCUT2D eigenvalue weighted by atomic mass is 79.9. The number of anilines is 1. The van der Waals surface area contributed by atoms with E-state index in [4.69, 9.17) is 5.26 Å². The van der Waals surface area contributed by atoms with Crippen LogP contribution < -0.4 is 5.32 Å². The van der Waals surface area contributed by atoms with Crippen LogP contribution in [0.4, 0.5) is 18.9 Å². The summed E-state index contributed by atoms with van der Waals surface area (Å²) in [7, 11) is 1.64. The van der Waals surface area contributed by atoms with Crippen molar-refractivity contribution in [3.05, 3.63) is 86.8 Å². The zero-order valence-electron chi connectivity index (χ0n) is 21.8. The van der Waals surface area contributed by atoms with Crippen LogP contribution >= 0.6 is 15.9 Å². The molecule has 0 aliphatic carbocycles. The van der Waals surface area contributed by atoms with Crippen molar-refractivity contribution in [2.24, 2.45) is 0 Å². The first-order chi connectivity index (χ1) is 18.9. The number of benzene rings is 2. The Bertz CT molecular complexity index is 1640. The molecule has 0 saturated heterocycles. The van der Waals surface area contributed by atoms with Gasteiger partial charge >= 0.3 is 6.18 Å². The van der Waals surface area contributed by atoms with Gasteiger partial charge in [0.25, 0.3) is 11.8 Å². The number of hydrogen-bond donors (Lipinski definition) is 1. The maximum absolute atomic E-state index is 13.5. The Hall–Kier alpha value is -4.24. The fourth-order valence-corrected chi connectivity index (χ4v) is 4.57. The molecule has 2 heterocycles. The highest BCUT2D eigenvalue weighted by Crippen LogP contribution is 2.32. The average molecular weight is 613 g/mol. The molecule has 0 aliphatic heterocycles. The quantitative estimate of drug-likeness (QED) is 0.271. The van der Waals surface area contributed by atoms with Crippen molar-refractivity contribution in [3.63, 3.8) is 0 Å². The molecular formula is C28H24BrF3N6O2. The average Bonchev–Trinajstić information content (AvgIpc) is 3.17. The SMILES string of the molecule is Cc1nn(Cc2ccc(C(=O)N(C)CCC#N)cc2)c(C)c1NC(=O)c1cc(C(F)(F)F)nc2ccc(Br)cc12. The second-order valence-electron chi connectivity index (χ2n) is 9.20. The molecule has 0 radical (unpaired) electrons. The highest BCUT2D eigenvalue weighted by molar-refractivity contribution is 9.10. The second kappa shape index (κ2) is 11.5. The monoisotopic (exact) mass is 612 g/mol. The summed E-state index contributed by atoms with van der Waals surface area (Å²) in [6.45, 7) is 4.12. The molecule has 0 aliphatic rings. The van der Waals surface area contributed by atoms with Gasteiger partial charge in [0, 0.05) is 29.0 Å². The van der Waals surface area contributed by atoms with Gasteiger partial charge in [-0.3, -0.25) is 14.3 Å². The number of amides is 2. The van der Waals surface area contributed by atoms with Crippen molar-refractivity contribution in [3.8, 4) is 6.07 Å². The molecule has 40 heavy (non-hydrogen) atoms. The first-order valence-electron chi connectivity index (χ1n) is 12.1. The fraction of sp³-hybridized carbons (Fsp3) is 0.250. The Morgan fingerprint density at radius 3 is 2.48 bits per heavy atom. The van der Waals surface area contributed by atoms with Gasteiger partial charge < -0.3 is 10.2 Å². The van der Waals surface area contributed by atoms with Crippen molar-refractivity contribution in [1.82, 2.24) is 19.7 Å². The number of fused-ring (bicyclic) bond motifs is 1. The lowest BCUT2D eigenvalue weighted by Crippen LogP contribution is -2.27. The van der Waals surface area contributed by atoms with E-state index in [1.807, 2.05) is 6.07 Å². The number of carbonyl (C=O) groups is 2. The van der Waals surface area contributed by atoms with Crippen LogP contribution in [0.2, 0.25) is 0 Å². The van der Waals surface area contributed by atoms with E-state index >= 15 is 0 Å². The van der Waals surface area contributed by atoms with Gasteiger partial charge in [-0.15, -0.1) is 0 Å². The van der Waals surface area contributed by atoms with E-state index in [-0.39, 0.29) is 28.8 Å². The topological polar surface area (TPSA) is 104 Å². The first-order valence-corrected chi connectivity index (χ1v) is 12.9. The van der Waals surface area contributed by atoms with E-state index in [1.54, 1.807) is 62.0 Å². The third-order valence-corrected chi connectivity index (χ3v) is 6.86. The van der Waals surface area contributed by atoms with Gasteiger partial charge in [-0.2, -0.15) is 23.5 Å². The molecule has 0 unspecified atom stereocenters. The van der Waals surface area contributed by atoms with Gasteiger partial charge in [-0.25, -0.2) is 4.98 Å². The largest absolute Gasteiger partial charge is 0.433 e. The summed E-state index contributed by atoms with van der Waals surface area (Å²) in [4.78, 5) is 31.0. The number of aryl methyl sites for hydroxylation is 1. The van der Waals surface area contributed by atoms with E-state index in [1.165, 1.54) is 11.0 Å². The molecule has 4 rings (SSSR count). The van der Waals surface area contributed by atoms with Crippen molar-refractivity contribution >= 4 is 44.3 Å². The normalized spacial score (nSPS) is 11.3. The lowest BCUT2D eigenvalue weighted by atomic mass is 10.1. The molecular weight excluding hydrogens is 589 g/mol. The fourth-order valence-electron chi connectivity index (χ4n) is 4.21. The minimum Gasteiger partial charge on any atom is -0.341 e. The van der Waals surface area contributed by atoms with Gasteiger partial charge in [0.2, 0.25) is 0 Å². The third kappa shape index (κ3) is 6.15. The highest BCUT2D eigenvalue weighted by Gasteiger charge is 2.34. The van der Waals surface area contributed by atoms with Crippen LogP contribution in [0.5, 0.6) is 0 Å². The van der Waals surface area contributed by atoms with Crippen LogP contribution in [0.15, 0.2) is 53.0 Å². The molecule has 0 fully saturated rings. The molecule has 0 bridgehead atoms. The van der Waals surface area contributed by atoms with Crippen LogP contribution in [0.25, 0.3) is 10.9 Å². The van der Waals surface area contributed by atoms with Crippen molar-refractivity contribution in [2.75, 3.05) is 18.9 Å². The Kier molecular flexibility index (Phi) is 8.25. The number of pyridine rings is 1. The zero-order valence-corrected chi connectivity index (χ0v) is 23.4. The lowest BCUT2D eigenvalue weighted by Gasteiger charge is -2.15. The van der Waals surface area contributed by atoms with E-state index in [0.717, 1.165) is 11.6 Å². The maximum atomic E-state index is 13.5. The third-order valence-electron chi connectivity index (χ3n) is 6.36. The minimum absolute atomic E-state index is 0.0468. The predicted octanol–water partition coefficient (Wildman–Crippen LogP) is 6.12. The van der Waals surface area contributed by atoms with E-state index in [2.05, 4.69) is 31.3 Å². The summed E-state index contributed by atoms with van der Waals surface area (Å²) >= 11 is 3.30. The number of aromatic nitrogens is 3. The number of alkyl halides is 3. The number of halogens is 4. The number of nitriles is 1. The van der Waals surface area contributed by atoms with Crippen molar-refractivity contribution < 1.29 is 22.8 Å². The maximum Gasteiger partial charge on any atom is 0.433 e. The standard InChI is InChI=1S/C28H24BrF3N6O2/c1-16-25(35-26(39)22-14-24(28(30,31)32)34-23-10-9-20(29)13-21(22)23)17(2)38(36-16)15-18-5-7-19(8-6-18)27(40)37(3)12-4-11-33/h5-10,13-14H,4,12,15H2,1-3H3,(H,35,39). The van der Waals surface area contributed by atoms with E-state index in [9.17, 15) is 22.8 Å². The van der Waals surface area contributed by atoms with Gasteiger partial charge in [0.05, 0.1) is 47.2 Å². The van der Waals surface area contributed by atoms with Crippen molar-refractivity contribution in [2.45, 2.75) is 33.0 Å². The Morgan fingerprint density at radius 2 is 1.82 bits per heavy atom. The molecule has 12 heteroatoms. The molecule has 2 amide bonds. The van der Waals surface area contributed by atoms with Crippen LogP contribution in [-0.2, 0) is 12.7 Å². The molecule has 0 spiro atoms. The summed E-state index contributed by atoms with van der Waals surface area (Å²) in [5.41, 5.74) is 1.56.